The fraction of sp³-hybridized carbons (Fsp3) is 0.500. The average Bonchev–Trinajstić information content (AvgIpc) is 2.39. The zero-order chi connectivity index (χ0) is 12.8. The van der Waals surface area contributed by atoms with Gasteiger partial charge in [-0.15, -0.1) is 0 Å². The van der Waals surface area contributed by atoms with Crippen LogP contribution in [0.25, 0.3) is 0 Å². The highest BCUT2D eigenvalue weighted by Gasteiger charge is 2.18. The van der Waals surface area contributed by atoms with Crippen molar-refractivity contribution in [2.24, 2.45) is 0 Å². The average molecular weight is 248 g/mol. The monoisotopic (exact) mass is 248 g/mol. The zero-order valence-electron chi connectivity index (χ0n) is 10.7. The number of rotatable bonds is 4. The first kappa shape index (κ1) is 13.1. The third kappa shape index (κ3) is 4.13. The number of anilines is 1. The lowest BCUT2D eigenvalue weighted by atomic mass is 10.0. The molecule has 1 aromatic carbocycles. The predicted octanol–water partition coefficient (Wildman–Crippen LogP) is 1.78. The number of hydrogen-bond acceptors (Lipinski definition) is 3. The Bertz CT molecular complexity index is 373. The largest absolute Gasteiger partial charge is 0.367 e. The van der Waals surface area contributed by atoms with Gasteiger partial charge in [0.2, 0.25) is 5.91 Å². The van der Waals surface area contributed by atoms with Gasteiger partial charge in [0.25, 0.3) is 0 Å². The van der Waals surface area contributed by atoms with Crippen molar-refractivity contribution < 1.29 is 9.53 Å². The molecule has 1 aliphatic rings. The van der Waals surface area contributed by atoms with E-state index in [4.69, 9.17) is 4.74 Å². The standard InChI is InChI=1S/C14H20N2O2/c1-11-7-8-13(9-15-11)18-10-14(17)16-12-5-3-2-4-6-12/h2-6,11,13,15H,7-10H2,1H3,(H,16,17). The van der Waals surface area contributed by atoms with Crippen LogP contribution in [-0.2, 0) is 9.53 Å². The van der Waals surface area contributed by atoms with Crippen LogP contribution in [0.3, 0.4) is 0 Å². The fourth-order valence-electron chi connectivity index (χ4n) is 2.03. The van der Waals surface area contributed by atoms with Crippen molar-refractivity contribution in [2.75, 3.05) is 18.5 Å². The summed E-state index contributed by atoms with van der Waals surface area (Å²) in [6.07, 6.45) is 2.28. The van der Waals surface area contributed by atoms with Crippen molar-refractivity contribution in [3.63, 3.8) is 0 Å². The molecule has 1 amide bonds. The van der Waals surface area contributed by atoms with Crippen molar-refractivity contribution >= 4 is 11.6 Å². The molecule has 2 rings (SSSR count). The molecule has 1 fully saturated rings. The highest BCUT2D eigenvalue weighted by atomic mass is 16.5. The summed E-state index contributed by atoms with van der Waals surface area (Å²) in [5.41, 5.74) is 0.807. The molecule has 2 N–H and O–H groups in total. The minimum Gasteiger partial charge on any atom is -0.367 e. The number of nitrogens with one attached hydrogen (secondary N) is 2. The summed E-state index contributed by atoms with van der Waals surface area (Å²) >= 11 is 0. The molecule has 2 atom stereocenters. The van der Waals surface area contributed by atoms with Gasteiger partial charge in [-0.25, -0.2) is 0 Å². The van der Waals surface area contributed by atoms with E-state index in [1.165, 1.54) is 0 Å². The zero-order valence-corrected chi connectivity index (χ0v) is 10.7. The van der Waals surface area contributed by atoms with Gasteiger partial charge in [-0.2, -0.15) is 0 Å². The number of para-hydroxylation sites is 1. The van der Waals surface area contributed by atoms with Crippen LogP contribution in [0.1, 0.15) is 19.8 Å². The van der Waals surface area contributed by atoms with Gasteiger partial charge < -0.3 is 15.4 Å². The summed E-state index contributed by atoms with van der Waals surface area (Å²) in [7, 11) is 0. The van der Waals surface area contributed by atoms with Crippen LogP contribution < -0.4 is 10.6 Å². The number of carbonyl (C=O) groups is 1. The smallest absolute Gasteiger partial charge is 0.250 e. The first-order valence-electron chi connectivity index (χ1n) is 6.44. The van der Waals surface area contributed by atoms with Gasteiger partial charge in [0.1, 0.15) is 6.61 Å². The van der Waals surface area contributed by atoms with E-state index in [1.807, 2.05) is 30.3 Å². The van der Waals surface area contributed by atoms with E-state index in [1.54, 1.807) is 0 Å². The van der Waals surface area contributed by atoms with Gasteiger partial charge in [-0.05, 0) is 31.9 Å². The summed E-state index contributed by atoms with van der Waals surface area (Å²) in [5.74, 6) is -0.0974. The van der Waals surface area contributed by atoms with Crippen molar-refractivity contribution in [1.29, 1.82) is 0 Å². The van der Waals surface area contributed by atoms with Crippen LogP contribution in [0.15, 0.2) is 30.3 Å². The van der Waals surface area contributed by atoms with Crippen LogP contribution in [-0.4, -0.2) is 31.2 Å². The Labute approximate surface area is 108 Å². The molecule has 0 aromatic heterocycles. The molecule has 1 saturated heterocycles. The summed E-state index contributed by atoms with van der Waals surface area (Å²) in [6.45, 7) is 3.12. The predicted molar refractivity (Wildman–Crippen MR) is 71.5 cm³/mol. The minimum absolute atomic E-state index is 0.0974. The van der Waals surface area contributed by atoms with Crippen molar-refractivity contribution in [2.45, 2.75) is 31.9 Å². The highest BCUT2D eigenvalue weighted by Crippen LogP contribution is 2.11. The van der Waals surface area contributed by atoms with E-state index in [0.717, 1.165) is 25.1 Å². The number of ether oxygens (including phenoxy) is 1. The van der Waals surface area contributed by atoms with Gasteiger partial charge in [-0.3, -0.25) is 4.79 Å². The van der Waals surface area contributed by atoms with E-state index in [0.29, 0.717) is 6.04 Å². The van der Waals surface area contributed by atoms with E-state index >= 15 is 0 Å². The summed E-state index contributed by atoms with van der Waals surface area (Å²) in [5, 5.41) is 6.15. The van der Waals surface area contributed by atoms with Gasteiger partial charge in [0.05, 0.1) is 6.10 Å². The normalized spacial score (nSPS) is 23.6. The Morgan fingerprint density at radius 1 is 1.39 bits per heavy atom. The molecule has 0 saturated carbocycles. The van der Waals surface area contributed by atoms with Crippen molar-refractivity contribution in [3.05, 3.63) is 30.3 Å². The molecule has 2 unspecified atom stereocenters. The van der Waals surface area contributed by atoms with Gasteiger partial charge in [-0.1, -0.05) is 18.2 Å². The van der Waals surface area contributed by atoms with Crippen LogP contribution in [0, 0.1) is 0 Å². The lowest BCUT2D eigenvalue weighted by Gasteiger charge is -2.27. The SMILES string of the molecule is CC1CCC(OCC(=O)Nc2ccccc2)CN1. The second-order valence-electron chi connectivity index (χ2n) is 4.73. The maximum absolute atomic E-state index is 11.7. The van der Waals surface area contributed by atoms with Crippen LogP contribution in [0.5, 0.6) is 0 Å². The van der Waals surface area contributed by atoms with E-state index in [9.17, 15) is 4.79 Å². The minimum atomic E-state index is -0.0974. The van der Waals surface area contributed by atoms with Crippen LogP contribution in [0.2, 0.25) is 0 Å². The first-order valence-corrected chi connectivity index (χ1v) is 6.44. The van der Waals surface area contributed by atoms with Crippen LogP contribution in [0.4, 0.5) is 5.69 Å². The Morgan fingerprint density at radius 2 is 2.17 bits per heavy atom. The molecule has 18 heavy (non-hydrogen) atoms. The number of piperidine rings is 1. The number of benzene rings is 1. The molecule has 0 spiro atoms. The third-order valence-electron chi connectivity index (χ3n) is 3.12. The molecule has 0 radical (unpaired) electrons. The molecule has 1 heterocycles. The third-order valence-corrected chi connectivity index (χ3v) is 3.12. The molecular formula is C14H20N2O2. The number of amides is 1. The summed E-state index contributed by atoms with van der Waals surface area (Å²) in [6, 6.07) is 9.99. The summed E-state index contributed by atoms with van der Waals surface area (Å²) in [4.78, 5) is 11.7. The number of carbonyl (C=O) groups excluding carboxylic acids is 1. The quantitative estimate of drug-likeness (QED) is 0.854. The molecule has 98 valence electrons. The van der Waals surface area contributed by atoms with E-state index in [2.05, 4.69) is 17.6 Å². The first-order chi connectivity index (χ1) is 8.74. The molecule has 4 heteroatoms. The lowest BCUT2D eigenvalue weighted by molar-refractivity contribution is -0.123. The Morgan fingerprint density at radius 3 is 2.83 bits per heavy atom. The Balaban J connectivity index is 1.69. The van der Waals surface area contributed by atoms with Gasteiger partial charge in [0.15, 0.2) is 0 Å². The lowest BCUT2D eigenvalue weighted by Crippen LogP contribution is -2.41. The molecule has 4 nitrogen and oxygen atoms in total. The molecule has 0 aliphatic carbocycles. The topological polar surface area (TPSA) is 50.4 Å². The second kappa shape index (κ2) is 6.52. The second-order valence-corrected chi connectivity index (χ2v) is 4.73. The Hall–Kier alpha value is -1.39. The maximum Gasteiger partial charge on any atom is 0.250 e. The van der Waals surface area contributed by atoms with Gasteiger partial charge >= 0.3 is 0 Å². The van der Waals surface area contributed by atoms with E-state index < -0.39 is 0 Å². The molecular weight excluding hydrogens is 228 g/mol. The molecule has 1 aliphatic heterocycles. The van der Waals surface area contributed by atoms with Crippen molar-refractivity contribution in [3.8, 4) is 0 Å². The molecule has 0 bridgehead atoms. The maximum atomic E-state index is 11.7. The highest BCUT2D eigenvalue weighted by molar-refractivity contribution is 5.91. The van der Waals surface area contributed by atoms with Crippen molar-refractivity contribution in [1.82, 2.24) is 5.32 Å². The fourth-order valence-corrected chi connectivity index (χ4v) is 2.03. The number of hydrogen-bond donors (Lipinski definition) is 2. The summed E-state index contributed by atoms with van der Waals surface area (Å²) < 4.78 is 5.59. The molecule has 1 aromatic rings. The van der Waals surface area contributed by atoms with Gasteiger partial charge in [0, 0.05) is 18.3 Å². The van der Waals surface area contributed by atoms with Crippen LogP contribution >= 0.6 is 0 Å². The van der Waals surface area contributed by atoms with E-state index in [-0.39, 0.29) is 18.6 Å². The Kier molecular flexibility index (Phi) is 4.73.